The van der Waals surface area contributed by atoms with Crippen molar-refractivity contribution in [3.63, 3.8) is 0 Å². The number of aromatic nitrogens is 2. The van der Waals surface area contributed by atoms with Crippen LogP contribution in [-0.2, 0) is 26.8 Å². The molecule has 0 atom stereocenters. The second-order valence-corrected chi connectivity index (χ2v) is 7.65. The molecule has 24 heavy (non-hydrogen) atoms. The van der Waals surface area contributed by atoms with Gasteiger partial charge in [-0.3, -0.25) is 4.79 Å². The van der Waals surface area contributed by atoms with Crippen LogP contribution in [0.3, 0.4) is 0 Å². The average Bonchev–Trinajstić information content (AvgIpc) is 3.23. The van der Waals surface area contributed by atoms with Crippen LogP contribution >= 0.6 is 0 Å². The number of carbonyl (C=O) groups is 1. The van der Waals surface area contributed by atoms with Gasteiger partial charge in [-0.15, -0.1) is 0 Å². The third-order valence-electron chi connectivity index (χ3n) is 3.51. The fourth-order valence-corrected chi connectivity index (χ4v) is 3.27. The van der Waals surface area contributed by atoms with Crippen molar-refractivity contribution >= 4 is 15.7 Å². The molecule has 0 bridgehead atoms. The molecule has 1 heterocycles. The van der Waals surface area contributed by atoms with Crippen LogP contribution in [0.15, 0.2) is 33.7 Å². The van der Waals surface area contributed by atoms with E-state index in [4.69, 9.17) is 4.52 Å². The van der Waals surface area contributed by atoms with E-state index >= 15 is 0 Å². The number of benzene rings is 1. The van der Waals surface area contributed by atoms with E-state index < -0.39 is 21.4 Å². The minimum Gasteiger partial charge on any atom is -0.353 e. The second kappa shape index (κ2) is 6.68. The molecule has 9 heteroatoms. The van der Waals surface area contributed by atoms with Gasteiger partial charge in [0.2, 0.25) is 11.8 Å². The van der Waals surface area contributed by atoms with Crippen LogP contribution in [0.25, 0.3) is 0 Å². The summed E-state index contributed by atoms with van der Waals surface area (Å²) < 4.78 is 42.3. The molecular formula is C15H16FN3O4S. The Morgan fingerprint density at radius 1 is 1.29 bits per heavy atom. The lowest BCUT2D eigenvalue weighted by Gasteiger charge is -2.01. The zero-order chi connectivity index (χ0) is 17.2. The molecule has 0 radical (unpaired) electrons. The van der Waals surface area contributed by atoms with E-state index in [9.17, 15) is 17.6 Å². The molecule has 1 aliphatic carbocycles. The third kappa shape index (κ3) is 4.38. The fourth-order valence-electron chi connectivity index (χ4n) is 2.09. The second-order valence-electron chi connectivity index (χ2n) is 5.66. The Bertz CT molecular complexity index is 829. The summed E-state index contributed by atoms with van der Waals surface area (Å²) in [5.41, 5.74) is 0. The van der Waals surface area contributed by atoms with Gasteiger partial charge < -0.3 is 9.84 Å². The van der Waals surface area contributed by atoms with Crippen molar-refractivity contribution in [3.8, 4) is 0 Å². The van der Waals surface area contributed by atoms with Crippen LogP contribution < -0.4 is 5.32 Å². The van der Waals surface area contributed by atoms with E-state index in [1.165, 1.54) is 12.1 Å². The highest BCUT2D eigenvalue weighted by Crippen LogP contribution is 2.19. The Balaban J connectivity index is 1.58. The number of amides is 1. The Morgan fingerprint density at radius 3 is 2.67 bits per heavy atom. The molecule has 128 valence electrons. The van der Waals surface area contributed by atoms with Crippen molar-refractivity contribution < 1.29 is 22.1 Å². The summed E-state index contributed by atoms with van der Waals surface area (Å²) in [7, 11) is -3.69. The molecule has 2 aromatic rings. The number of hydrogen-bond acceptors (Lipinski definition) is 6. The third-order valence-corrected chi connectivity index (χ3v) is 5.14. The summed E-state index contributed by atoms with van der Waals surface area (Å²) >= 11 is 0. The van der Waals surface area contributed by atoms with Gasteiger partial charge in [-0.2, -0.15) is 4.98 Å². The van der Waals surface area contributed by atoms with Crippen molar-refractivity contribution in [3.05, 3.63) is 41.8 Å². The van der Waals surface area contributed by atoms with Crippen LogP contribution in [0.4, 0.5) is 4.39 Å². The summed E-state index contributed by atoms with van der Waals surface area (Å²) in [6.07, 6.45) is 2.49. The first-order valence-corrected chi connectivity index (χ1v) is 9.17. The molecule has 1 fully saturated rings. The van der Waals surface area contributed by atoms with Gasteiger partial charge in [0.05, 0.1) is 4.90 Å². The van der Waals surface area contributed by atoms with E-state index in [0.717, 1.165) is 25.0 Å². The van der Waals surface area contributed by atoms with E-state index in [1.54, 1.807) is 0 Å². The number of nitrogens with one attached hydrogen (secondary N) is 1. The molecule has 1 aromatic heterocycles. The number of rotatable bonds is 7. The number of hydrogen-bond donors (Lipinski definition) is 1. The average molecular weight is 353 g/mol. The smallest absolute Gasteiger partial charge is 0.227 e. The van der Waals surface area contributed by atoms with Gasteiger partial charge in [0.15, 0.2) is 15.7 Å². The quantitative estimate of drug-likeness (QED) is 0.755. The highest BCUT2D eigenvalue weighted by molar-refractivity contribution is 7.90. The largest absolute Gasteiger partial charge is 0.353 e. The molecule has 1 N–H and O–H groups in total. The maximum atomic E-state index is 12.9. The van der Waals surface area contributed by atoms with E-state index in [-0.39, 0.29) is 41.4 Å². The van der Waals surface area contributed by atoms with E-state index in [1.807, 2.05) is 0 Å². The van der Waals surface area contributed by atoms with Gasteiger partial charge in [-0.1, -0.05) is 5.16 Å². The minimum absolute atomic E-state index is 0.0110. The Morgan fingerprint density at radius 2 is 2.00 bits per heavy atom. The van der Waals surface area contributed by atoms with Crippen LogP contribution in [0.2, 0.25) is 0 Å². The standard InChI is InChI=1S/C15H16FN3O4S/c16-10-1-5-12(6-2-10)24(21,22)9-13-18-15(23-19-13)8-7-14(20)17-11-3-4-11/h1-2,5-6,11H,3-4,7-9H2,(H,17,20). The topological polar surface area (TPSA) is 102 Å². The molecule has 0 spiro atoms. The van der Waals surface area contributed by atoms with Crippen molar-refractivity contribution in [2.45, 2.75) is 42.4 Å². The summed E-state index contributed by atoms with van der Waals surface area (Å²) in [5, 5.41) is 6.46. The lowest BCUT2D eigenvalue weighted by Crippen LogP contribution is -2.25. The SMILES string of the molecule is O=C(CCc1nc(CS(=O)(=O)c2ccc(F)cc2)no1)NC1CC1. The van der Waals surface area contributed by atoms with Gasteiger partial charge in [0.1, 0.15) is 11.6 Å². The van der Waals surface area contributed by atoms with Crippen molar-refractivity contribution in [2.75, 3.05) is 0 Å². The Labute approximate surface area is 138 Å². The minimum atomic E-state index is -3.69. The molecule has 0 unspecified atom stereocenters. The first-order chi connectivity index (χ1) is 11.4. The summed E-state index contributed by atoms with van der Waals surface area (Å²) in [4.78, 5) is 15.6. The molecule has 3 rings (SSSR count). The molecule has 0 aliphatic heterocycles. The molecule has 1 amide bonds. The lowest BCUT2D eigenvalue weighted by molar-refractivity contribution is -0.121. The number of sulfone groups is 1. The van der Waals surface area contributed by atoms with Crippen molar-refractivity contribution in [2.24, 2.45) is 0 Å². The highest BCUT2D eigenvalue weighted by Gasteiger charge is 2.23. The lowest BCUT2D eigenvalue weighted by atomic mass is 10.3. The molecular weight excluding hydrogens is 337 g/mol. The molecule has 1 aromatic carbocycles. The Hall–Kier alpha value is -2.29. The van der Waals surface area contributed by atoms with Crippen LogP contribution in [0, 0.1) is 5.82 Å². The Kier molecular flexibility index (Phi) is 4.61. The van der Waals surface area contributed by atoms with Gasteiger partial charge in [-0.25, -0.2) is 12.8 Å². The summed E-state index contributed by atoms with van der Waals surface area (Å²) in [6.45, 7) is 0. The van der Waals surface area contributed by atoms with Crippen LogP contribution in [-0.4, -0.2) is 30.5 Å². The number of aryl methyl sites for hydroxylation is 1. The molecule has 1 aliphatic rings. The maximum absolute atomic E-state index is 12.9. The zero-order valence-corrected chi connectivity index (χ0v) is 13.6. The van der Waals surface area contributed by atoms with Gasteiger partial charge in [-0.05, 0) is 37.1 Å². The number of nitrogens with zero attached hydrogens (tertiary/aromatic N) is 2. The van der Waals surface area contributed by atoms with Gasteiger partial charge in [0, 0.05) is 18.9 Å². The first kappa shape index (κ1) is 16.6. The van der Waals surface area contributed by atoms with Gasteiger partial charge >= 0.3 is 0 Å². The highest BCUT2D eigenvalue weighted by atomic mass is 32.2. The van der Waals surface area contributed by atoms with E-state index in [2.05, 4.69) is 15.5 Å². The monoisotopic (exact) mass is 353 g/mol. The predicted molar refractivity (Wildman–Crippen MR) is 81.1 cm³/mol. The van der Waals surface area contributed by atoms with Crippen LogP contribution in [0.1, 0.15) is 31.0 Å². The normalized spacial score (nSPS) is 14.5. The zero-order valence-electron chi connectivity index (χ0n) is 12.7. The predicted octanol–water partition coefficient (Wildman–Crippen LogP) is 1.39. The fraction of sp³-hybridized carbons (Fsp3) is 0.400. The van der Waals surface area contributed by atoms with Crippen molar-refractivity contribution in [1.29, 1.82) is 0 Å². The summed E-state index contributed by atoms with van der Waals surface area (Å²) in [6, 6.07) is 4.82. The number of carbonyl (C=O) groups excluding carboxylic acids is 1. The van der Waals surface area contributed by atoms with Crippen molar-refractivity contribution in [1.82, 2.24) is 15.5 Å². The first-order valence-electron chi connectivity index (χ1n) is 7.51. The van der Waals surface area contributed by atoms with Crippen LogP contribution in [0.5, 0.6) is 0 Å². The number of halogens is 1. The maximum Gasteiger partial charge on any atom is 0.227 e. The molecule has 7 nitrogen and oxygen atoms in total. The summed E-state index contributed by atoms with van der Waals surface area (Å²) in [5.74, 6) is -0.824. The van der Waals surface area contributed by atoms with Gasteiger partial charge in [0.25, 0.3) is 0 Å². The van der Waals surface area contributed by atoms with E-state index in [0.29, 0.717) is 0 Å². The molecule has 0 saturated heterocycles. The molecule has 1 saturated carbocycles.